The molecule has 1 aromatic heterocycles. The van der Waals surface area contributed by atoms with Gasteiger partial charge in [-0.3, -0.25) is 0 Å². The third-order valence-electron chi connectivity index (χ3n) is 3.61. The predicted molar refractivity (Wildman–Crippen MR) is 61.1 cm³/mol. The van der Waals surface area contributed by atoms with Gasteiger partial charge in [-0.25, -0.2) is 4.98 Å². The Morgan fingerprint density at radius 1 is 1.25 bits per heavy atom. The first kappa shape index (κ1) is 11.3. The molecule has 2 rings (SSSR count). The van der Waals surface area contributed by atoms with E-state index in [1.165, 1.54) is 0 Å². The smallest absolute Gasteiger partial charge is 0.243 e. The summed E-state index contributed by atoms with van der Waals surface area (Å²) in [6, 6.07) is 0.214. The topological polar surface area (TPSA) is 70.9 Å². The lowest BCUT2D eigenvalue weighted by molar-refractivity contribution is -0.0513. The Bertz CT molecular complexity index is 405. The first-order valence-corrected chi connectivity index (χ1v) is 5.54. The van der Waals surface area contributed by atoms with Crippen LogP contribution in [0.4, 0.5) is 5.95 Å². The van der Waals surface area contributed by atoms with Crippen molar-refractivity contribution in [2.45, 2.75) is 46.3 Å². The molecule has 2 N–H and O–H groups in total. The summed E-state index contributed by atoms with van der Waals surface area (Å²) in [5.74, 6) is 0.549. The van der Waals surface area contributed by atoms with Crippen molar-refractivity contribution in [2.24, 2.45) is 5.41 Å². The van der Waals surface area contributed by atoms with Crippen LogP contribution in [0.25, 0.3) is 0 Å². The summed E-state index contributed by atoms with van der Waals surface area (Å²) in [4.78, 5) is 4.32. The molecule has 2 unspecified atom stereocenters. The minimum Gasteiger partial charge on any atom is -0.392 e. The quantitative estimate of drug-likeness (QED) is 0.783. The molecule has 1 fully saturated rings. The van der Waals surface area contributed by atoms with Crippen LogP contribution in [-0.4, -0.2) is 32.4 Å². The van der Waals surface area contributed by atoms with E-state index in [1.54, 1.807) is 0 Å². The summed E-state index contributed by atoms with van der Waals surface area (Å²) >= 11 is 0. The van der Waals surface area contributed by atoms with Gasteiger partial charge in [0.1, 0.15) is 0 Å². The highest BCUT2D eigenvalue weighted by molar-refractivity contribution is 5.29. The monoisotopic (exact) mass is 222 g/mol. The number of nitrogens with one attached hydrogen (secondary N) is 1. The maximum Gasteiger partial charge on any atom is 0.243 e. The molecule has 0 saturated heterocycles. The van der Waals surface area contributed by atoms with Crippen LogP contribution < -0.4 is 5.32 Å². The molecule has 1 saturated carbocycles. The van der Waals surface area contributed by atoms with Gasteiger partial charge in [-0.15, -0.1) is 5.10 Å². The minimum absolute atomic E-state index is 0.123. The summed E-state index contributed by atoms with van der Waals surface area (Å²) in [7, 11) is 0. The Kier molecular flexibility index (Phi) is 2.58. The molecule has 1 aliphatic carbocycles. The lowest BCUT2D eigenvalue weighted by Gasteiger charge is -2.49. The van der Waals surface area contributed by atoms with E-state index in [9.17, 15) is 5.11 Å². The molecule has 0 bridgehead atoms. The van der Waals surface area contributed by atoms with Crippen molar-refractivity contribution >= 4 is 5.95 Å². The lowest BCUT2D eigenvalue weighted by atomic mass is 9.65. The second-order valence-electron chi connectivity index (χ2n) is 5.08. The van der Waals surface area contributed by atoms with Crippen molar-refractivity contribution in [3.8, 4) is 0 Å². The summed E-state index contributed by atoms with van der Waals surface area (Å²) in [5, 5.41) is 20.9. The third kappa shape index (κ3) is 1.75. The van der Waals surface area contributed by atoms with E-state index in [0.29, 0.717) is 5.95 Å². The van der Waals surface area contributed by atoms with Gasteiger partial charge < -0.3 is 10.4 Å². The first-order chi connectivity index (χ1) is 7.41. The van der Waals surface area contributed by atoms with E-state index in [-0.39, 0.29) is 17.6 Å². The summed E-state index contributed by atoms with van der Waals surface area (Å²) in [6.07, 6.45) is 0.494. The Morgan fingerprint density at radius 3 is 2.44 bits per heavy atom. The van der Waals surface area contributed by atoms with E-state index >= 15 is 0 Å². The van der Waals surface area contributed by atoms with E-state index in [0.717, 1.165) is 17.8 Å². The molecule has 1 aliphatic rings. The maximum atomic E-state index is 9.63. The average Bonchev–Trinajstić information content (AvgIpc) is 2.23. The van der Waals surface area contributed by atoms with Gasteiger partial charge >= 0.3 is 0 Å². The molecule has 0 aliphatic heterocycles. The van der Waals surface area contributed by atoms with Gasteiger partial charge in [-0.05, 0) is 20.3 Å². The molecule has 0 radical (unpaired) electrons. The molecule has 0 spiro atoms. The van der Waals surface area contributed by atoms with Gasteiger partial charge in [0.2, 0.25) is 5.95 Å². The van der Waals surface area contributed by atoms with Crippen LogP contribution in [0.2, 0.25) is 0 Å². The number of anilines is 1. The molecular weight excluding hydrogens is 204 g/mol. The van der Waals surface area contributed by atoms with Crippen molar-refractivity contribution in [1.82, 2.24) is 15.2 Å². The molecule has 1 heterocycles. The molecule has 0 aromatic carbocycles. The molecule has 1 aromatic rings. The van der Waals surface area contributed by atoms with E-state index < -0.39 is 0 Å². The zero-order valence-electron chi connectivity index (χ0n) is 10.2. The number of aryl methyl sites for hydroxylation is 2. The number of hydrogen-bond donors (Lipinski definition) is 2. The number of aliphatic hydroxyl groups excluding tert-OH is 1. The zero-order chi connectivity index (χ0) is 11.9. The van der Waals surface area contributed by atoms with Gasteiger partial charge in [0, 0.05) is 11.5 Å². The van der Waals surface area contributed by atoms with E-state index in [2.05, 4.69) is 20.5 Å². The standard InChI is InChI=1S/C11H18N4O/c1-6-7(2)14-15-10(12-6)13-8-5-9(16)11(8,3)4/h8-9,16H,5H2,1-4H3,(H,12,13,15). The highest BCUT2D eigenvalue weighted by atomic mass is 16.3. The number of hydrogen-bond acceptors (Lipinski definition) is 5. The SMILES string of the molecule is Cc1nnc(NC2CC(O)C2(C)C)nc1C. The molecular formula is C11H18N4O. The summed E-state index contributed by atoms with van der Waals surface area (Å²) in [5.41, 5.74) is 1.61. The van der Waals surface area contributed by atoms with Crippen molar-refractivity contribution < 1.29 is 5.11 Å². The molecule has 5 heteroatoms. The molecule has 0 amide bonds. The molecule has 88 valence electrons. The third-order valence-corrected chi connectivity index (χ3v) is 3.61. The maximum absolute atomic E-state index is 9.63. The van der Waals surface area contributed by atoms with Crippen LogP contribution in [-0.2, 0) is 0 Å². The lowest BCUT2D eigenvalue weighted by Crippen LogP contribution is -2.57. The second-order valence-corrected chi connectivity index (χ2v) is 5.08. The fourth-order valence-corrected chi connectivity index (χ4v) is 1.82. The minimum atomic E-state index is -0.246. The Balaban J connectivity index is 2.08. The van der Waals surface area contributed by atoms with Crippen molar-refractivity contribution in [2.75, 3.05) is 5.32 Å². The normalized spacial score (nSPS) is 27.3. The number of rotatable bonds is 2. The Hall–Kier alpha value is -1.23. The number of nitrogens with zero attached hydrogens (tertiary/aromatic N) is 3. The van der Waals surface area contributed by atoms with E-state index in [1.807, 2.05) is 27.7 Å². The highest BCUT2D eigenvalue weighted by Gasteiger charge is 2.47. The number of aromatic nitrogens is 3. The van der Waals surface area contributed by atoms with Crippen molar-refractivity contribution in [3.63, 3.8) is 0 Å². The van der Waals surface area contributed by atoms with Gasteiger partial charge in [-0.1, -0.05) is 13.8 Å². The average molecular weight is 222 g/mol. The summed E-state index contributed by atoms with van der Waals surface area (Å²) < 4.78 is 0. The first-order valence-electron chi connectivity index (χ1n) is 5.54. The van der Waals surface area contributed by atoms with Crippen LogP contribution in [0.15, 0.2) is 0 Å². The fourth-order valence-electron chi connectivity index (χ4n) is 1.82. The molecule has 5 nitrogen and oxygen atoms in total. The van der Waals surface area contributed by atoms with Crippen LogP contribution in [0, 0.1) is 19.3 Å². The van der Waals surface area contributed by atoms with Crippen LogP contribution in [0.3, 0.4) is 0 Å². The molecule has 16 heavy (non-hydrogen) atoms. The largest absolute Gasteiger partial charge is 0.392 e. The highest BCUT2D eigenvalue weighted by Crippen LogP contribution is 2.41. The van der Waals surface area contributed by atoms with Gasteiger partial charge in [0.25, 0.3) is 0 Å². The second kappa shape index (κ2) is 3.66. The zero-order valence-corrected chi connectivity index (χ0v) is 10.2. The van der Waals surface area contributed by atoms with Crippen LogP contribution in [0.5, 0.6) is 0 Å². The number of aliphatic hydroxyl groups is 1. The summed E-state index contributed by atoms with van der Waals surface area (Å²) in [6.45, 7) is 7.87. The van der Waals surface area contributed by atoms with Crippen LogP contribution >= 0.6 is 0 Å². The Morgan fingerprint density at radius 2 is 1.94 bits per heavy atom. The van der Waals surface area contributed by atoms with Crippen molar-refractivity contribution in [1.29, 1.82) is 0 Å². The van der Waals surface area contributed by atoms with Gasteiger partial charge in [0.15, 0.2) is 0 Å². The van der Waals surface area contributed by atoms with Gasteiger partial charge in [-0.2, -0.15) is 5.10 Å². The predicted octanol–water partition coefficient (Wildman–Crippen LogP) is 1.06. The fraction of sp³-hybridized carbons (Fsp3) is 0.727. The van der Waals surface area contributed by atoms with Crippen LogP contribution in [0.1, 0.15) is 31.7 Å². The van der Waals surface area contributed by atoms with E-state index in [4.69, 9.17) is 0 Å². The molecule has 2 atom stereocenters. The Labute approximate surface area is 95.3 Å². The van der Waals surface area contributed by atoms with Crippen molar-refractivity contribution in [3.05, 3.63) is 11.4 Å². The van der Waals surface area contributed by atoms with Gasteiger partial charge in [0.05, 0.1) is 17.5 Å².